The van der Waals surface area contributed by atoms with E-state index in [0.29, 0.717) is 16.7 Å². The minimum Gasteiger partial charge on any atom is -0.485 e. The zero-order chi connectivity index (χ0) is 15.9. The fourth-order valence-corrected chi connectivity index (χ4v) is 2.96. The summed E-state index contributed by atoms with van der Waals surface area (Å²) in [4.78, 5) is 0. The van der Waals surface area contributed by atoms with Gasteiger partial charge in [0.1, 0.15) is 6.61 Å². The third-order valence-electron chi connectivity index (χ3n) is 3.57. The van der Waals surface area contributed by atoms with Gasteiger partial charge in [0.2, 0.25) is 5.82 Å². The van der Waals surface area contributed by atoms with Gasteiger partial charge in [0.05, 0.1) is 6.07 Å². The zero-order valence-electron chi connectivity index (χ0n) is 11.6. The van der Waals surface area contributed by atoms with Crippen LogP contribution in [0.25, 0.3) is 5.57 Å². The molecule has 0 radical (unpaired) electrons. The van der Waals surface area contributed by atoms with Gasteiger partial charge in [0.15, 0.2) is 11.6 Å². The van der Waals surface area contributed by atoms with E-state index in [1.54, 1.807) is 6.92 Å². The molecule has 110 valence electrons. The van der Waals surface area contributed by atoms with Gasteiger partial charge in [0.25, 0.3) is 0 Å². The van der Waals surface area contributed by atoms with Crippen molar-refractivity contribution in [3.05, 3.63) is 68.7 Å². The van der Waals surface area contributed by atoms with Crippen molar-refractivity contribution < 1.29 is 13.5 Å². The van der Waals surface area contributed by atoms with E-state index in [-0.39, 0.29) is 12.4 Å². The second-order valence-electron chi connectivity index (χ2n) is 4.94. The number of halogens is 3. The third-order valence-corrected chi connectivity index (χ3v) is 4.06. The molecule has 0 bridgehead atoms. The van der Waals surface area contributed by atoms with E-state index in [0.717, 1.165) is 21.7 Å². The molecule has 0 fully saturated rings. The first kappa shape index (κ1) is 14.7. The maximum Gasteiger partial charge on any atom is 0.201 e. The highest BCUT2D eigenvalue weighted by Crippen LogP contribution is 2.41. The first-order chi connectivity index (χ1) is 10.5. The number of rotatable bonds is 0. The summed E-state index contributed by atoms with van der Waals surface area (Å²) >= 11 is 3.38. The van der Waals surface area contributed by atoms with E-state index in [2.05, 4.69) is 22.0 Å². The van der Waals surface area contributed by atoms with Crippen molar-refractivity contribution in [3.8, 4) is 11.8 Å². The van der Waals surface area contributed by atoms with Gasteiger partial charge in [-0.25, -0.2) is 4.39 Å². The highest BCUT2D eigenvalue weighted by molar-refractivity contribution is 9.10. The average molecular weight is 362 g/mol. The quantitative estimate of drug-likeness (QED) is 0.621. The summed E-state index contributed by atoms with van der Waals surface area (Å²) in [5.41, 5.74) is 2.96. The molecule has 2 aromatic carbocycles. The highest BCUT2D eigenvalue weighted by atomic mass is 79.9. The van der Waals surface area contributed by atoms with Gasteiger partial charge < -0.3 is 4.74 Å². The Morgan fingerprint density at radius 3 is 2.68 bits per heavy atom. The molecule has 1 aliphatic heterocycles. The van der Waals surface area contributed by atoms with E-state index in [9.17, 15) is 14.0 Å². The molecule has 0 saturated carbocycles. The van der Waals surface area contributed by atoms with Crippen LogP contribution in [0.1, 0.15) is 23.6 Å². The first-order valence-electron chi connectivity index (χ1n) is 6.54. The lowest BCUT2D eigenvalue weighted by Crippen LogP contribution is -1.99. The van der Waals surface area contributed by atoms with Crippen LogP contribution >= 0.6 is 15.9 Å². The lowest BCUT2D eigenvalue weighted by molar-refractivity contribution is 0.285. The van der Waals surface area contributed by atoms with Gasteiger partial charge in [-0.15, -0.1) is 0 Å². The molecule has 3 rings (SSSR count). The van der Waals surface area contributed by atoms with Crippen molar-refractivity contribution in [2.75, 3.05) is 0 Å². The molecule has 2 nitrogen and oxygen atoms in total. The number of ether oxygens (including phenoxy) is 1. The maximum atomic E-state index is 14.1. The number of nitriles is 1. The number of fused-ring (bicyclic) bond motifs is 2. The molecule has 0 aliphatic carbocycles. The van der Waals surface area contributed by atoms with Gasteiger partial charge in [-0.3, -0.25) is 0 Å². The molecule has 0 aromatic heterocycles. The number of allylic oxidation sites excluding steroid dienone is 1. The molecule has 0 N–H and O–H groups in total. The molecule has 1 heterocycles. The Hall–Kier alpha value is -2.19. The molecule has 0 atom stereocenters. The van der Waals surface area contributed by atoms with Gasteiger partial charge in [-0.1, -0.05) is 22.0 Å². The predicted molar refractivity (Wildman–Crippen MR) is 82.1 cm³/mol. The summed E-state index contributed by atoms with van der Waals surface area (Å²) < 4.78 is 33.9. The summed E-state index contributed by atoms with van der Waals surface area (Å²) in [5, 5.41) is 9.28. The summed E-state index contributed by atoms with van der Waals surface area (Å²) in [6, 6.07) is 10.1. The lowest BCUT2D eigenvalue weighted by atomic mass is 9.91. The third kappa shape index (κ3) is 2.30. The van der Waals surface area contributed by atoms with Crippen LogP contribution in [0.2, 0.25) is 0 Å². The summed E-state index contributed by atoms with van der Waals surface area (Å²) in [7, 11) is 0. The minimum absolute atomic E-state index is 0.102. The van der Waals surface area contributed by atoms with Crippen LogP contribution in [0, 0.1) is 23.0 Å². The number of benzene rings is 2. The van der Waals surface area contributed by atoms with Crippen molar-refractivity contribution in [3.63, 3.8) is 0 Å². The summed E-state index contributed by atoms with van der Waals surface area (Å²) in [6.45, 7) is 1.75. The van der Waals surface area contributed by atoms with Crippen molar-refractivity contribution in [1.29, 1.82) is 5.26 Å². The first-order valence-corrected chi connectivity index (χ1v) is 7.33. The zero-order valence-corrected chi connectivity index (χ0v) is 13.2. The number of hydrogen-bond acceptors (Lipinski definition) is 2. The topological polar surface area (TPSA) is 33.0 Å². The van der Waals surface area contributed by atoms with Crippen molar-refractivity contribution in [2.45, 2.75) is 13.5 Å². The van der Waals surface area contributed by atoms with E-state index in [1.165, 1.54) is 6.07 Å². The van der Waals surface area contributed by atoms with E-state index >= 15 is 0 Å². The fraction of sp³-hybridized carbons (Fsp3) is 0.118. The summed E-state index contributed by atoms with van der Waals surface area (Å²) in [6.07, 6.45) is 0. The van der Waals surface area contributed by atoms with Crippen molar-refractivity contribution in [1.82, 2.24) is 0 Å². The van der Waals surface area contributed by atoms with Crippen LogP contribution in [-0.2, 0) is 6.61 Å². The molecule has 0 saturated heterocycles. The molecule has 22 heavy (non-hydrogen) atoms. The van der Waals surface area contributed by atoms with Gasteiger partial charge >= 0.3 is 0 Å². The van der Waals surface area contributed by atoms with E-state index in [1.807, 2.05) is 18.2 Å². The minimum atomic E-state index is -1.03. The molecule has 2 aromatic rings. The molecule has 5 heteroatoms. The van der Waals surface area contributed by atoms with Crippen LogP contribution in [0.5, 0.6) is 5.75 Å². The second-order valence-corrected chi connectivity index (χ2v) is 5.86. The van der Waals surface area contributed by atoms with Gasteiger partial charge in [-0.2, -0.15) is 9.65 Å². The normalized spacial score (nSPS) is 15.0. The Labute approximate surface area is 134 Å². The van der Waals surface area contributed by atoms with Crippen LogP contribution in [-0.4, -0.2) is 0 Å². The maximum absolute atomic E-state index is 14.1. The van der Waals surface area contributed by atoms with Crippen molar-refractivity contribution in [2.24, 2.45) is 0 Å². The fourth-order valence-electron chi connectivity index (χ4n) is 2.55. The van der Waals surface area contributed by atoms with E-state index < -0.39 is 11.6 Å². The SMILES string of the molecule is C/C(C#N)=C1\c2ccc(Br)cc2COc2c1ccc(F)c2F. The highest BCUT2D eigenvalue weighted by Gasteiger charge is 2.25. The molecule has 0 unspecified atom stereocenters. The van der Waals surface area contributed by atoms with E-state index in [4.69, 9.17) is 4.74 Å². The standard InChI is InChI=1S/C17H10BrF2NO/c1-9(7-21)15-12-3-2-11(18)6-10(12)8-22-17-13(15)4-5-14(19)16(17)20/h2-6H,8H2,1H3/b15-9-. The smallest absolute Gasteiger partial charge is 0.201 e. The van der Waals surface area contributed by atoms with Crippen LogP contribution in [0.4, 0.5) is 8.78 Å². The molecular formula is C17H10BrF2NO. The van der Waals surface area contributed by atoms with Crippen molar-refractivity contribution >= 4 is 21.5 Å². The predicted octanol–water partition coefficient (Wildman–Crippen LogP) is 4.97. The Morgan fingerprint density at radius 1 is 1.23 bits per heavy atom. The average Bonchev–Trinajstić information content (AvgIpc) is 2.67. The number of hydrogen-bond donors (Lipinski definition) is 0. The Kier molecular flexibility index (Phi) is 3.71. The van der Waals surface area contributed by atoms with Crippen LogP contribution in [0.15, 0.2) is 40.4 Å². The lowest BCUT2D eigenvalue weighted by Gasteiger charge is -2.12. The van der Waals surface area contributed by atoms with Gasteiger partial charge in [0, 0.05) is 21.2 Å². The Bertz CT molecular complexity index is 852. The second kappa shape index (κ2) is 5.54. The molecule has 0 spiro atoms. The molecule has 0 amide bonds. The van der Waals surface area contributed by atoms with Gasteiger partial charge in [-0.05, 0) is 42.3 Å². The largest absolute Gasteiger partial charge is 0.485 e. The summed E-state index contributed by atoms with van der Waals surface area (Å²) in [5.74, 6) is -2.16. The number of nitrogens with zero attached hydrogens (tertiary/aromatic N) is 1. The molecular weight excluding hydrogens is 352 g/mol. The molecule has 1 aliphatic rings. The monoisotopic (exact) mass is 361 g/mol. The Morgan fingerprint density at radius 2 is 1.95 bits per heavy atom. The Balaban J connectivity index is 2.38. The van der Waals surface area contributed by atoms with Crippen LogP contribution in [0.3, 0.4) is 0 Å². The van der Waals surface area contributed by atoms with Crippen LogP contribution < -0.4 is 4.74 Å².